The summed E-state index contributed by atoms with van der Waals surface area (Å²) in [6, 6.07) is 56.4. The van der Waals surface area contributed by atoms with Crippen molar-refractivity contribution in [3.05, 3.63) is 185 Å². The first kappa shape index (κ1) is 26.6. The third-order valence-corrected chi connectivity index (χ3v) is 10.9. The van der Waals surface area contributed by atoms with E-state index in [1.165, 1.54) is 83.1 Å². The van der Waals surface area contributed by atoms with E-state index < -0.39 is 5.41 Å². The molecule has 0 aromatic heterocycles. The van der Waals surface area contributed by atoms with Crippen molar-refractivity contribution in [2.24, 2.45) is 0 Å². The molecule has 10 rings (SSSR count). The third kappa shape index (κ3) is 3.40. The molecular weight excluding hydrogens is 567 g/mol. The largest absolute Gasteiger partial charge is 0.458 e. The van der Waals surface area contributed by atoms with E-state index in [0.717, 1.165) is 11.5 Å². The first-order chi connectivity index (χ1) is 23.2. The van der Waals surface area contributed by atoms with Crippen LogP contribution in [0.1, 0.15) is 33.4 Å². The maximum absolute atomic E-state index is 6.63. The van der Waals surface area contributed by atoms with Crippen molar-refractivity contribution in [3.63, 3.8) is 0 Å². The summed E-state index contributed by atoms with van der Waals surface area (Å²) in [5.74, 6) is 1.90. The lowest BCUT2D eigenvalue weighted by Gasteiger charge is -2.35. The van der Waals surface area contributed by atoms with Crippen LogP contribution in [0.2, 0.25) is 0 Å². The van der Waals surface area contributed by atoms with Crippen LogP contribution in [0.4, 0.5) is 0 Å². The van der Waals surface area contributed by atoms with Gasteiger partial charge in [0, 0.05) is 0 Å². The second-order valence-electron chi connectivity index (χ2n) is 13.2. The summed E-state index contributed by atoms with van der Waals surface area (Å²) >= 11 is 0. The minimum absolute atomic E-state index is 0.0303. The van der Waals surface area contributed by atoms with E-state index in [1.807, 2.05) is 0 Å². The second-order valence-corrected chi connectivity index (χ2v) is 13.2. The van der Waals surface area contributed by atoms with Crippen molar-refractivity contribution in [1.29, 1.82) is 0 Å². The minimum atomic E-state index is -0.498. The zero-order chi connectivity index (χ0) is 31.3. The van der Waals surface area contributed by atoms with Gasteiger partial charge in [0.15, 0.2) is 0 Å². The van der Waals surface area contributed by atoms with Crippen molar-refractivity contribution >= 4 is 23.1 Å². The van der Waals surface area contributed by atoms with Gasteiger partial charge < -0.3 is 4.74 Å². The first-order valence-electron chi connectivity index (χ1n) is 16.6. The number of fused-ring (bicyclic) bond motifs is 14. The van der Waals surface area contributed by atoms with Crippen LogP contribution in [0.5, 0.6) is 11.5 Å². The van der Waals surface area contributed by atoms with Crippen LogP contribution in [-0.2, 0) is 5.41 Å². The molecule has 0 fully saturated rings. The summed E-state index contributed by atoms with van der Waals surface area (Å²) in [5, 5.41) is 0. The molecule has 0 bridgehead atoms. The van der Waals surface area contributed by atoms with Gasteiger partial charge in [0.1, 0.15) is 11.5 Å². The molecule has 0 saturated carbocycles. The van der Waals surface area contributed by atoms with Crippen molar-refractivity contribution in [2.45, 2.75) is 19.3 Å². The van der Waals surface area contributed by atoms with E-state index in [9.17, 15) is 0 Å². The Morgan fingerprint density at radius 2 is 0.830 bits per heavy atom. The van der Waals surface area contributed by atoms with Crippen LogP contribution in [0, 0.1) is 13.8 Å². The van der Waals surface area contributed by atoms with E-state index >= 15 is 0 Å². The Balaban J connectivity index is 1.38. The van der Waals surface area contributed by atoms with Crippen LogP contribution < -0.4 is 21.1 Å². The molecule has 1 heterocycles. The topological polar surface area (TPSA) is 9.23 Å². The van der Waals surface area contributed by atoms with Crippen LogP contribution in [0.15, 0.2) is 152 Å². The van der Waals surface area contributed by atoms with Gasteiger partial charge in [-0.3, -0.25) is 0 Å². The highest BCUT2D eigenvalue weighted by molar-refractivity contribution is 6.98. The number of hydrogen-bond acceptors (Lipinski definition) is 1. The lowest BCUT2D eigenvalue weighted by atomic mass is 9.33. The van der Waals surface area contributed by atoms with Crippen molar-refractivity contribution in [1.82, 2.24) is 0 Å². The van der Waals surface area contributed by atoms with Gasteiger partial charge in [0.05, 0.1) is 5.41 Å². The molecule has 0 radical (unpaired) electrons. The Morgan fingerprint density at radius 3 is 1.38 bits per heavy atom. The normalized spacial score (nSPS) is 14.0. The number of benzene rings is 7. The summed E-state index contributed by atoms with van der Waals surface area (Å²) in [6.07, 6.45) is 0. The molecule has 2 aliphatic carbocycles. The van der Waals surface area contributed by atoms with E-state index in [1.54, 1.807) is 0 Å². The minimum Gasteiger partial charge on any atom is -0.458 e. The highest BCUT2D eigenvalue weighted by atomic mass is 16.5. The Morgan fingerprint density at radius 1 is 0.404 bits per heavy atom. The first-order valence-corrected chi connectivity index (χ1v) is 16.6. The quantitative estimate of drug-likeness (QED) is 0.172. The van der Waals surface area contributed by atoms with Gasteiger partial charge in [-0.2, -0.15) is 0 Å². The summed E-state index contributed by atoms with van der Waals surface area (Å²) < 4.78 is 6.63. The van der Waals surface area contributed by atoms with Gasteiger partial charge >= 0.3 is 0 Å². The highest BCUT2D eigenvalue weighted by Crippen LogP contribution is 2.61. The van der Waals surface area contributed by atoms with Crippen molar-refractivity contribution < 1.29 is 4.74 Å². The second kappa shape index (κ2) is 9.70. The van der Waals surface area contributed by atoms with Gasteiger partial charge in [-0.1, -0.05) is 156 Å². The number of rotatable bonds is 1. The van der Waals surface area contributed by atoms with Crippen molar-refractivity contribution in [2.75, 3.05) is 0 Å². The van der Waals surface area contributed by atoms with Crippen LogP contribution in [0.25, 0.3) is 33.4 Å². The Labute approximate surface area is 276 Å². The average Bonchev–Trinajstić information content (AvgIpc) is 3.36. The van der Waals surface area contributed by atoms with Crippen LogP contribution in [0.3, 0.4) is 0 Å². The third-order valence-electron chi connectivity index (χ3n) is 10.9. The molecular formula is C45H31BO. The van der Waals surface area contributed by atoms with Crippen LogP contribution >= 0.6 is 0 Å². The summed E-state index contributed by atoms with van der Waals surface area (Å²) in [6.45, 7) is 4.49. The summed E-state index contributed by atoms with van der Waals surface area (Å²) in [4.78, 5) is 0. The Hall–Kier alpha value is -5.60. The van der Waals surface area contributed by atoms with E-state index in [2.05, 4.69) is 166 Å². The molecule has 47 heavy (non-hydrogen) atoms. The Kier molecular flexibility index (Phi) is 5.49. The molecule has 2 heteroatoms. The number of hydrogen-bond donors (Lipinski definition) is 0. The van der Waals surface area contributed by atoms with Crippen molar-refractivity contribution in [3.8, 4) is 44.9 Å². The zero-order valence-electron chi connectivity index (χ0n) is 26.4. The maximum Gasteiger partial charge on any atom is 0.252 e. The molecule has 0 amide bonds. The van der Waals surface area contributed by atoms with Gasteiger partial charge in [0.25, 0.3) is 6.71 Å². The van der Waals surface area contributed by atoms with Crippen LogP contribution in [-0.4, -0.2) is 6.71 Å². The molecule has 7 aromatic carbocycles. The average molecular weight is 599 g/mol. The SMILES string of the molecule is Cc1cccc2c1B(c1cccc3c1-c1ccccc1C31c3ccccc3-c3ccccc3-c3ccccc31)c1c(C)cccc1O2. The van der Waals surface area contributed by atoms with Gasteiger partial charge in [-0.05, 0) is 92.5 Å². The van der Waals surface area contributed by atoms with E-state index in [4.69, 9.17) is 4.74 Å². The van der Waals surface area contributed by atoms with Gasteiger partial charge in [-0.25, -0.2) is 0 Å². The molecule has 1 aliphatic heterocycles. The summed E-state index contributed by atoms with van der Waals surface area (Å²) in [5.41, 5.74) is 19.0. The fraction of sp³-hybridized carbons (Fsp3) is 0.0667. The lowest BCUT2D eigenvalue weighted by Crippen LogP contribution is -2.57. The summed E-state index contributed by atoms with van der Waals surface area (Å²) in [7, 11) is 0. The number of aryl methyl sites for hydroxylation is 2. The predicted octanol–water partition coefficient (Wildman–Crippen LogP) is 8.94. The van der Waals surface area contributed by atoms with E-state index in [0.29, 0.717) is 0 Å². The molecule has 3 aliphatic rings. The molecule has 1 nitrogen and oxygen atoms in total. The standard InChI is InChI=1S/C45H31BO/c1-28-14-11-26-40-43(28)46(44-29(2)15-12-27-41(44)47-40)39-25-13-24-38-42(39)34-20-7-10-23-37(34)45(38)35-21-8-5-18-32(35)30-16-3-4-17-31(30)33-19-6-9-22-36(33)45/h3-27H,1-2H3. The predicted molar refractivity (Wildman–Crippen MR) is 195 cm³/mol. The molecule has 0 unspecified atom stereocenters. The number of ether oxygens (including phenoxy) is 1. The lowest BCUT2D eigenvalue weighted by molar-refractivity contribution is 0.487. The fourth-order valence-corrected chi connectivity index (χ4v) is 9.16. The molecule has 0 atom stereocenters. The smallest absolute Gasteiger partial charge is 0.252 e. The Bertz CT molecular complexity index is 2320. The highest BCUT2D eigenvalue weighted by Gasteiger charge is 2.51. The monoisotopic (exact) mass is 598 g/mol. The molecule has 220 valence electrons. The molecule has 0 saturated heterocycles. The fourth-order valence-electron chi connectivity index (χ4n) is 9.16. The zero-order valence-corrected chi connectivity index (χ0v) is 26.4. The van der Waals surface area contributed by atoms with Gasteiger partial charge in [0.2, 0.25) is 0 Å². The molecule has 0 N–H and O–H groups in total. The van der Waals surface area contributed by atoms with Gasteiger partial charge in [-0.15, -0.1) is 0 Å². The van der Waals surface area contributed by atoms with E-state index in [-0.39, 0.29) is 6.71 Å². The maximum atomic E-state index is 6.63. The molecule has 1 spiro atoms. The molecule has 7 aromatic rings.